The molecule has 0 aliphatic carbocycles. The van der Waals surface area contributed by atoms with E-state index in [1.54, 1.807) is 0 Å². The van der Waals surface area contributed by atoms with Crippen molar-refractivity contribution in [2.24, 2.45) is 0 Å². The third-order valence-corrected chi connectivity index (χ3v) is 6.98. The monoisotopic (exact) mass is 365 g/mol. The van der Waals surface area contributed by atoms with Crippen molar-refractivity contribution >= 4 is 0 Å². The van der Waals surface area contributed by atoms with Crippen molar-refractivity contribution in [1.29, 1.82) is 0 Å². The zero-order chi connectivity index (χ0) is 19.0. The summed E-state index contributed by atoms with van der Waals surface area (Å²) >= 11 is 0. The Morgan fingerprint density at radius 3 is 2.56 bits per heavy atom. The molecule has 1 spiro atoms. The first-order valence-electron chi connectivity index (χ1n) is 10.1. The molecule has 1 N–H and O–H groups in total. The van der Waals surface area contributed by atoms with E-state index in [4.69, 9.17) is 0 Å². The van der Waals surface area contributed by atoms with Gasteiger partial charge in [0, 0.05) is 54.7 Å². The highest BCUT2D eigenvalue weighted by molar-refractivity contribution is 5.25. The minimum atomic E-state index is 0.179. The fourth-order valence-corrected chi connectivity index (χ4v) is 5.05. The van der Waals surface area contributed by atoms with Gasteiger partial charge in [-0.05, 0) is 51.6 Å². The summed E-state index contributed by atoms with van der Waals surface area (Å²) in [5.74, 6) is 0.651. The maximum absolute atomic E-state index is 12.2. The number of likely N-dealkylation sites (tertiary alicyclic amines) is 2. The predicted octanol–water partition coefficient (Wildman–Crippen LogP) is 3.45. The van der Waals surface area contributed by atoms with Gasteiger partial charge in [-0.2, -0.15) is 0 Å². The molecule has 1 unspecified atom stereocenters. The summed E-state index contributed by atoms with van der Waals surface area (Å²) in [6.07, 6.45) is 5.54. The Morgan fingerprint density at radius 2 is 1.85 bits per heavy atom. The summed E-state index contributed by atoms with van der Waals surface area (Å²) in [7, 11) is 2.31. The molecular weight excluding hydrogens is 334 g/mol. The molecule has 4 heteroatoms. The smallest absolute Gasteiger partial charge is 0.187 e. The Morgan fingerprint density at radius 1 is 1.15 bits per heavy atom. The zero-order valence-corrected chi connectivity index (χ0v) is 16.8. The lowest BCUT2D eigenvalue weighted by Gasteiger charge is -2.43. The van der Waals surface area contributed by atoms with Crippen molar-refractivity contribution < 1.29 is 0 Å². The van der Waals surface area contributed by atoms with Crippen LogP contribution < -0.4 is 5.43 Å². The van der Waals surface area contributed by atoms with Crippen molar-refractivity contribution in [2.75, 3.05) is 26.7 Å². The lowest BCUT2D eigenvalue weighted by atomic mass is 9.81. The Bertz CT molecular complexity index is 850. The molecular formula is C23H31N3O. The molecule has 1 aromatic carbocycles. The van der Waals surface area contributed by atoms with Gasteiger partial charge >= 0.3 is 0 Å². The number of aryl methyl sites for hydroxylation is 1. The van der Waals surface area contributed by atoms with E-state index in [1.165, 1.54) is 24.8 Å². The summed E-state index contributed by atoms with van der Waals surface area (Å²) < 4.78 is 0. The number of hydrogen-bond donors (Lipinski definition) is 1. The second-order valence-corrected chi connectivity index (χ2v) is 8.60. The van der Waals surface area contributed by atoms with Crippen molar-refractivity contribution in [3.63, 3.8) is 0 Å². The van der Waals surface area contributed by atoms with Crippen LogP contribution in [0.1, 0.15) is 47.6 Å². The molecule has 2 fully saturated rings. The van der Waals surface area contributed by atoms with Crippen LogP contribution >= 0.6 is 0 Å². The second-order valence-electron chi connectivity index (χ2n) is 8.60. The summed E-state index contributed by atoms with van der Waals surface area (Å²) in [4.78, 5) is 20.7. The van der Waals surface area contributed by atoms with E-state index in [-0.39, 0.29) is 5.43 Å². The molecule has 144 valence electrons. The average molecular weight is 366 g/mol. The molecule has 2 aliphatic heterocycles. The van der Waals surface area contributed by atoms with Gasteiger partial charge in [0.25, 0.3) is 0 Å². The summed E-state index contributed by atoms with van der Waals surface area (Å²) in [5.41, 5.74) is 4.75. The lowest BCUT2D eigenvalue weighted by molar-refractivity contribution is 0.0666. The zero-order valence-electron chi connectivity index (χ0n) is 16.8. The Labute approximate surface area is 162 Å². The third-order valence-electron chi connectivity index (χ3n) is 6.98. The van der Waals surface area contributed by atoms with E-state index in [2.05, 4.69) is 52.2 Å². The van der Waals surface area contributed by atoms with Crippen molar-refractivity contribution in [3.8, 4) is 0 Å². The van der Waals surface area contributed by atoms with E-state index in [0.29, 0.717) is 11.5 Å². The second kappa shape index (κ2) is 7.25. The van der Waals surface area contributed by atoms with Gasteiger partial charge in [0.1, 0.15) is 0 Å². The molecule has 4 rings (SSSR count). The lowest BCUT2D eigenvalue weighted by Crippen LogP contribution is -2.50. The Balaban J connectivity index is 1.42. The first kappa shape index (κ1) is 18.5. The number of rotatable bonds is 3. The van der Waals surface area contributed by atoms with Crippen molar-refractivity contribution in [3.05, 3.63) is 69.1 Å². The SMILES string of the molecule is Cc1c[nH]c(CN2CCC3(CC2)CC(c2ccccc2)CN3C)c(C)c1=O. The van der Waals surface area contributed by atoms with Crippen LogP contribution in [0, 0.1) is 13.8 Å². The quantitative estimate of drug-likeness (QED) is 0.906. The van der Waals surface area contributed by atoms with Gasteiger partial charge in [0.15, 0.2) is 5.43 Å². The average Bonchev–Trinajstić information content (AvgIpc) is 3.01. The number of pyridine rings is 1. The molecule has 3 heterocycles. The molecule has 2 aliphatic rings. The molecule has 0 amide bonds. The van der Waals surface area contributed by atoms with Crippen LogP contribution in [-0.2, 0) is 6.54 Å². The number of benzene rings is 1. The number of piperidine rings is 1. The number of nitrogens with zero attached hydrogens (tertiary/aromatic N) is 2. The highest BCUT2D eigenvalue weighted by Crippen LogP contribution is 2.44. The van der Waals surface area contributed by atoms with E-state index in [9.17, 15) is 4.79 Å². The number of H-pyrrole nitrogens is 1. The molecule has 0 radical (unpaired) electrons. The summed E-state index contributed by atoms with van der Waals surface area (Å²) in [5, 5.41) is 0. The standard InChI is InChI=1S/C23H31N3O/c1-17-14-24-21(18(2)22(17)27)16-26-11-9-23(10-12-26)13-20(15-25(23)3)19-7-5-4-6-8-19/h4-8,14,20H,9-13,15-16H2,1-3H3,(H,24,27). The van der Waals surface area contributed by atoms with Gasteiger partial charge in [0.2, 0.25) is 0 Å². The maximum Gasteiger partial charge on any atom is 0.187 e. The first-order valence-corrected chi connectivity index (χ1v) is 10.1. The van der Waals surface area contributed by atoms with Gasteiger partial charge in [-0.15, -0.1) is 0 Å². The molecule has 2 saturated heterocycles. The molecule has 1 atom stereocenters. The van der Waals surface area contributed by atoms with E-state index >= 15 is 0 Å². The van der Waals surface area contributed by atoms with E-state index < -0.39 is 0 Å². The molecule has 2 aromatic rings. The highest BCUT2D eigenvalue weighted by Gasteiger charge is 2.45. The Hall–Kier alpha value is -1.91. The number of nitrogens with one attached hydrogen (secondary N) is 1. The van der Waals surface area contributed by atoms with Crippen LogP contribution in [0.15, 0.2) is 41.3 Å². The van der Waals surface area contributed by atoms with Gasteiger partial charge < -0.3 is 4.98 Å². The minimum absolute atomic E-state index is 0.179. The predicted molar refractivity (Wildman–Crippen MR) is 110 cm³/mol. The number of hydrogen-bond acceptors (Lipinski definition) is 3. The first-order chi connectivity index (χ1) is 13.0. The minimum Gasteiger partial charge on any atom is -0.363 e. The highest BCUT2D eigenvalue weighted by atomic mass is 16.1. The molecule has 4 nitrogen and oxygen atoms in total. The normalized spacial score (nSPS) is 23.1. The molecule has 1 aromatic heterocycles. The maximum atomic E-state index is 12.2. The van der Waals surface area contributed by atoms with Crippen LogP contribution in [0.2, 0.25) is 0 Å². The van der Waals surface area contributed by atoms with Crippen LogP contribution in [0.4, 0.5) is 0 Å². The molecule has 0 saturated carbocycles. The van der Waals surface area contributed by atoms with Gasteiger partial charge in [-0.25, -0.2) is 0 Å². The third kappa shape index (κ3) is 3.48. The summed E-state index contributed by atoms with van der Waals surface area (Å²) in [6.45, 7) is 8.03. The van der Waals surface area contributed by atoms with E-state index in [1.807, 2.05) is 20.0 Å². The van der Waals surface area contributed by atoms with Crippen molar-refractivity contribution in [2.45, 2.75) is 51.1 Å². The van der Waals surface area contributed by atoms with Crippen LogP contribution in [-0.4, -0.2) is 47.0 Å². The van der Waals surface area contributed by atoms with Gasteiger partial charge in [-0.3, -0.25) is 14.6 Å². The fraction of sp³-hybridized carbons (Fsp3) is 0.522. The number of aromatic nitrogens is 1. The number of aromatic amines is 1. The van der Waals surface area contributed by atoms with Crippen LogP contribution in [0.5, 0.6) is 0 Å². The van der Waals surface area contributed by atoms with Crippen LogP contribution in [0.3, 0.4) is 0 Å². The van der Waals surface area contributed by atoms with E-state index in [0.717, 1.165) is 43.0 Å². The van der Waals surface area contributed by atoms with Gasteiger partial charge in [0.05, 0.1) is 0 Å². The van der Waals surface area contributed by atoms with Crippen LogP contribution in [0.25, 0.3) is 0 Å². The topological polar surface area (TPSA) is 39.3 Å². The molecule has 27 heavy (non-hydrogen) atoms. The number of likely N-dealkylation sites (N-methyl/N-ethyl adjacent to an activating group) is 1. The van der Waals surface area contributed by atoms with Gasteiger partial charge in [-0.1, -0.05) is 30.3 Å². The fourth-order valence-electron chi connectivity index (χ4n) is 5.05. The Kier molecular flexibility index (Phi) is 4.95. The summed E-state index contributed by atoms with van der Waals surface area (Å²) in [6, 6.07) is 11.0. The largest absolute Gasteiger partial charge is 0.363 e. The van der Waals surface area contributed by atoms with Crippen molar-refractivity contribution in [1.82, 2.24) is 14.8 Å². The molecule has 0 bridgehead atoms.